The largest absolute Gasteiger partial charge is 0.369 e. The van der Waals surface area contributed by atoms with E-state index in [4.69, 9.17) is 5.26 Å². The van der Waals surface area contributed by atoms with Gasteiger partial charge >= 0.3 is 0 Å². The lowest BCUT2D eigenvalue weighted by molar-refractivity contribution is 0.258. The first-order valence-electron chi connectivity index (χ1n) is 5.98. The molecular weight excluding hydrogens is 212 g/mol. The van der Waals surface area contributed by atoms with E-state index in [9.17, 15) is 0 Å². The van der Waals surface area contributed by atoms with Crippen LogP contribution < -0.4 is 4.90 Å². The smallest absolute Gasteiger partial charge is 0.140 e. The molecule has 1 saturated heterocycles. The van der Waals surface area contributed by atoms with Crippen molar-refractivity contribution in [3.8, 4) is 6.07 Å². The van der Waals surface area contributed by atoms with Gasteiger partial charge in [0.25, 0.3) is 0 Å². The monoisotopic (exact) mass is 230 g/mol. The first-order chi connectivity index (χ1) is 8.20. The Hall–Kier alpha value is -1.60. The van der Waals surface area contributed by atoms with Crippen LogP contribution in [0.1, 0.15) is 18.5 Å². The zero-order chi connectivity index (χ0) is 12.3. The summed E-state index contributed by atoms with van der Waals surface area (Å²) in [7, 11) is 4.26. The second-order valence-electron chi connectivity index (χ2n) is 4.72. The molecule has 0 bridgehead atoms. The summed E-state index contributed by atoms with van der Waals surface area (Å²) >= 11 is 0. The summed E-state index contributed by atoms with van der Waals surface area (Å²) in [5.41, 5.74) is 1.60. The molecule has 1 aromatic heterocycles. The van der Waals surface area contributed by atoms with Gasteiger partial charge in [-0.3, -0.25) is 0 Å². The number of likely N-dealkylation sites (N-methyl/N-ethyl adjacent to an activating group) is 1. The SMILES string of the molecule is CN(C)C1CCCN(c2ccc(C#N)nc2)C1. The van der Waals surface area contributed by atoms with E-state index in [0.717, 1.165) is 18.8 Å². The summed E-state index contributed by atoms with van der Waals surface area (Å²) in [5.74, 6) is 0. The van der Waals surface area contributed by atoms with Gasteiger partial charge in [-0.1, -0.05) is 0 Å². The van der Waals surface area contributed by atoms with Crippen molar-refractivity contribution in [1.82, 2.24) is 9.88 Å². The first kappa shape index (κ1) is 11.9. The van der Waals surface area contributed by atoms with Gasteiger partial charge in [-0.25, -0.2) is 4.98 Å². The van der Waals surface area contributed by atoms with Gasteiger partial charge in [-0.15, -0.1) is 0 Å². The number of piperidine rings is 1. The van der Waals surface area contributed by atoms with Gasteiger partial charge in [0.15, 0.2) is 0 Å². The lowest BCUT2D eigenvalue weighted by Gasteiger charge is -2.37. The number of hydrogen-bond donors (Lipinski definition) is 0. The van der Waals surface area contributed by atoms with Crippen LogP contribution in [0.5, 0.6) is 0 Å². The molecule has 0 saturated carbocycles. The zero-order valence-electron chi connectivity index (χ0n) is 10.4. The van der Waals surface area contributed by atoms with Crippen molar-refractivity contribution in [2.75, 3.05) is 32.1 Å². The van der Waals surface area contributed by atoms with Crippen molar-refractivity contribution in [3.05, 3.63) is 24.0 Å². The molecule has 1 aromatic rings. The maximum absolute atomic E-state index is 8.72. The molecule has 0 aliphatic carbocycles. The molecule has 0 N–H and O–H groups in total. The van der Waals surface area contributed by atoms with Crippen LogP contribution in [0.3, 0.4) is 0 Å². The molecule has 4 heteroatoms. The van der Waals surface area contributed by atoms with E-state index < -0.39 is 0 Å². The van der Waals surface area contributed by atoms with E-state index in [1.807, 2.05) is 12.1 Å². The summed E-state index contributed by atoms with van der Waals surface area (Å²) in [6.45, 7) is 2.12. The van der Waals surface area contributed by atoms with Crippen LogP contribution in [-0.4, -0.2) is 43.1 Å². The van der Waals surface area contributed by atoms with E-state index in [1.165, 1.54) is 12.8 Å². The molecule has 0 aromatic carbocycles. The Morgan fingerprint density at radius 3 is 2.88 bits per heavy atom. The number of nitrogens with zero attached hydrogens (tertiary/aromatic N) is 4. The number of rotatable bonds is 2. The Morgan fingerprint density at radius 2 is 2.29 bits per heavy atom. The van der Waals surface area contributed by atoms with E-state index in [-0.39, 0.29) is 0 Å². The predicted octanol–water partition coefficient (Wildman–Crippen LogP) is 1.48. The summed E-state index contributed by atoms with van der Waals surface area (Å²) in [5, 5.41) is 8.72. The van der Waals surface area contributed by atoms with E-state index in [2.05, 4.69) is 28.9 Å². The molecule has 1 fully saturated rings. The molecule has 1 unspecified atom stereocenters. The molecule has 1 aliphatic heterocycles. The molecule has 90 valence electrons. The lowest BCUT2D eigenvalue weighted by Crippen LogP contribution is -2.45. The van der Waals surface area contributed by atoms with Crippen molar-refractivity contribution in [2.45, 2.75) is 18.9 Å². The third-order valence-electron chi connectivity index (χ3n) is 3.35. The molecule has 2 rings (SSSR count). The third-order valence-corrected chi connectivity index (χ3v) is 3.35. The second kappa shape index (κ2) is 5.15. The van der Waals surface area contributed by atoms with Gasteiger partial charge in [0.2, 0.25) is 0 Å². The van der Waals surface area contributed by atoms with Crippen LogP contribution in [-0.2, 0) is 0 Å². The number of anilines is 1. The molecule has 4 nitrogen and oxygen atoms in total. The van der Waals surface area contributed by atoms with Crippen LogP contribution >= 0.6 is 0 Å². The second-order valence-corrected chi connectivity index (χ2v) is 4.72. The highest BCUT2D eigenvalue weighted by molar-refractivity contribution is 5.46. The summed E-state index contributed by atoms with van der Waals surface area (Å²) in [4.78, 5) is 8.76. The van der Waals surface area contributed by atoms with E-state index in [0.29, 0.717) is 11.7 Å². The number of hydrogen-bond acceptors (Lipinski definition) is 4. The third kappa shape index (κ3) is 2.75. The fraction of sp³-hybridized carbons (Fsp3) is 0.538. The highest BCUT2D eigenvalue weighted by Crippen LogP contribution is 2.20. The minimum absolute atomic E-state index is 0.481. The van der Waals surface area contributed by atoms with Crippen LogP contribution in [0.15, 0.2) is 18.3 Å². The maximum atomic E-state index is 8.72. The van der Waals surface area contributed by atoms with Crippen LogP contribution in [0.2, 0.25) is 0 Å². The van der Waals surface area contributed by atoms with Crippen molar-refractivity contribution >= 4 is 5.69 Å². The fourth-order valence-corrected chi connectivity index (χ4v) is 2.25. The lowest BCUT2D eigenvalue weighted by atomic mass is 10.0. The molecule has 2 heterocycles. The number of nitriles is 1. The summed E-state index contributed by atoms with van der Waals surface area (Å²) in [6.07, 6.45) is 4.27. The number of aromatic nitrogens is 1. The van der Waals surface area contributed by atoms with Crippen molar-refractivity contribution in [2.24, 2.45) is 0 Å². The zero-order valence-corrected chi connectivity index (χ0v) is 10.4. The normalized spacial score (nSPS) is 20.4. The van der Waals surface area contributed by atoms with Gasteiger partial charge in [-0.05, 0) is 39.1 Å². The maximum Gasteiger partial charge on any atom is 0.140 e. The van der Waals surface area contributed by atoms with Crippen LogP contribution in [0.25, 0.3) is 0 Å². The van der Waals surface area contributed by atoms with Gasteiger partial charge < -0.3 is 9.80 Å². The van der Waals surface area contributed by atoms with Gasteiger partial charge in [0, 0.05) is 19.1 Å². The van der Waals surface area contributed by atoms with Gasteiger partial charge in [0.05, 0.1) is 11.9 Å². The minimum Gasteiger partial charge on any atom is -0.369 e. The highest BCUT2D eigenvalue weighted by Gasteiger charge is 2.21. The van der Waals surface area contributed by atoms with Crippen molar-refractivity contribution in [3.63, 3.8) is 0 Å². The molecule has 17 heavy (non-hydrogen) atoms. The van der Waals surface area contributed by atoms with Gasteiger partial charge in [-0.2, -0.15) is 5.26 Å². The van der Waals surface area contributed by atoms with Crippen LogP contribution in [0, 0.1) is 11.3 Å². The van der Waals surface area contributed by atoms with Crippen LogP contribution in [0.4, 0.5) is 5.69 Å². The quantitative estimate of drug-likeness (QED) is 0.772. The molecule has 1 atom stereocenters. The van der Waals surface area contributed by atoms with Crippen molar-refractivity contribution < 1.29 is 0 Å². The predicted molar refractivity (Wildman–Crippen MR) is 67.9 cm³/mol. The highest BCUT2D eigenvalue weighted by atomic mass is 15.2. The van der Waals surface area contributed by atoms with Crippen molar-refractivity contribution in [1.29, 1.82) is 5.26 Å². The molecule has 0 amide bonds. The Kier molecular flexibility index (Phi) is 3.60. The average Bonchev–Trinajstić information content (AvgIpc) is 2.39. The summed E-state index contributed by atoms with van der Waals surface area (Å²) < 4.78 is 0. The molecule has 1 aliphatic rings. The number of pyridine rings is 1. The average molecular weight is 230 g/mol. The summed E-state index contributed by atoms with van der Waals surface area (Å²) in [6, 6.07) is 6.43. The fourth-order valence-electron chi connectivity index (χ4n) is 2.25. The topological polar surface area (TPSA) is 43.2 Å². The molecule has 0 radical (unpaired) electrons. The Balaban J connectivity index is 2.08. The van der Waals surface area contributed by atoms with Gasteiger partial charge in [0.1, 0.15) is 11.8 Å². The standard InChI is InChI=1S/C13H18N4/c1-16(2)13-4-3-7-17(10-13)12-6-5-11(8-14)15-9-12/h5-6,9,13H,3-4,7,10H2,1-2H3. The minimum atomic E-state index is 0.481. The van der Waals surface area contributed by atoms with E-state index in [1.54, 1.807) is 12.3 Å². The van der Waals surface area contributed by atoms with E-state index >= 15 is 0 Å². The molecule has 0 spiro atoms. The Morgan fingerprint density at radius 1 is 1.47 bits per heavy atom. The Labute approximate surface area is 102 Å². The first-order valence-corrected chi connectivity index (χ1v) is 5.98. The Bertz CT molecular complexity index is 404. The molecular formula is C13H18N4.